The molecule has 0 amide bonds. The summed E-state index contributed by atoms with van der Waals surface area (Å²) < 4.78 is 4.25. The Labute approximate surface area is 91.3 Å². The summed E-state index contributed by atoms with van der Waals surface area (Å²) in [5.74, 6) is -1.79. The first-order valence-corrected chi connectivity index (χ1v) is 4.43. The Morgan fingerprint density at radius 2 is 1.88 bits per heavy atom. The van der Waals surface area contributed by atoms with E-state index in [4.69, 9.17) is 10.2 Å². The lowest BCUT2D eigenvalue weighted by molar-refractivity contribution is -0.156. The number of carbonyl (C=O) groups excluding carboxylic acids is 1. The molecule has 88 valence electrons. The van der Waals surface area contributed by atoms with Gasteiger partial charge in [-0.15, -0.1) is 0 Å². The van der Waals surface area contributed by atoms with Crippen molar-refractivity contribution in [1.29, 1.82) is 0 Å². The van der Waals surface area contributed by atoms with Gasteiger partial charge in [-0.2, -0.15) is 0 Å². The van der Waals surface area contributed by atoms with Gasteiger partial charge in [0.25, 0.3) is 0 Å². The molecular weight excluding hydrogens is 216 g/mol. The van der Waals surface area contributed by atoms with Crippen molar-refractivity contribution in [1.82, 2.24) is 0 Å². The third-order valence-corrected chi connectivity index (χ3v) is 2.08. The molecule has 0 bridgehead atoms. The van der Waals surface area contributed by atoms with Gasteiger partial charge in [0, 0.05) is 0 Å². The molecule has 0 saturated carbocycles. The zero-order valence-electron chi connectivity index (χ0n) is 8.49. The first-order valence-electron chi connectivity index (χ1n) is 4.43. The molecule has 0 aliphatic heterocycles. The fourth-order valence-electron chi connectivity index (χ4n) is 1.16. The maximum absolute atomic E-state index is 10.9. The smallest absolute Gasteiger partial charge is 0.337 e. The van der Waals surface area contributed by atoms with Crippen molar-refractivity contribution in [2.75, 3.05) is 7.11 Å². The van der Waals surface area contributed by atoms with Crippen LogP contribution in [-0.2, 0) is 9.53 Å². The second-order valence-electron chi connectivity index (χ2n) is 3.16. The number of carbonyl (C=O) groups is 1. The molecule has 1 rings (SSSR count). The SMILES string of the molecule is COC(=O)C(O)C(O)c1ccc(O)c(O)c1. The Hall–Kier alpha value is -1.79. The van der Waals surface area contributed by atoms with Crippen LogP contribution < -0.4 is 0 Å². The highest BCUT2D eigenvalue weighted by atomic mass is 16.5. The largest absolute Gasteiger partial charge is 0.504 e. The summed E-state index contributed by atoms with van der Waals surface area (Å²) in [6, 6.07) is 3.45. The van der Waals surface area contributed by atoms with Crippen molar-refractivity contribution in [3.8, 4) is 11.5 Å². The van der Waals surface area contributed by atoms with Gasteiger partial charge in [0.05, 0.1) is 7.11 Å². The number of esters is 1. The summed E-state index contributed by atoms with van der Waals surface area (Å²) in [5.41, 5.74) is 0.0909. The van der Waals surface area contributed by atoms with E-state index >= 15 is 0 Å². The standard InChI is InChI=1S/C10H12O6/c1-16-10(15)9(14)8(13)5-2-3-6(11)7(12)4-5/h2-4,8-9,11-14H,1H3. The lowest BCUT2D eigenvalue weighted by atomic mass is 10.0. The van der Waals surface area contributed by atoms with Crippen molar-refractivity contribution >= 4 is 5.97 Å². The molecule has 0 saturated heterocycles. The Morgan fingerprint density at radius 1 is 1.25 bits per heavy atom. The number of aromatic hydroxyl groups is 2. The molecule has 0 spiro atoms. The number of phenols is 2. The van der Waals surface area contributed by atoms with Crippen LogP contribution in [0, 0.1) is 0 Å². The van der Waals surface area contributed by atoms with Gasteiger partial charge in [0.2, 0.25) is 0 Å². The van der Waals surface area contributed by atoms with Gasteiger partial charge in [0.1, 0.15) is 6.10 Å². The van der Waals surface area contributed by atoms with Gasteiger partial charge < -0.3 is 25.2 Å². The highest BCUT2D eigenvalue weighted by Gasteiger charge is 2.26. The summed E-state index contributed by atoms with van der Waals surface area (Å²) in [6.07, 6.45) is -3.27. The highest BCUT2D eigenvalue weighted by molar-refractivity contribution is 5.75. The number of phenolic OH excluding ortho intramolecular Hbond substituents is 2. The molecule has 1 aromatic rings. The van der Waals surface area contributed by atoms with Gasteiger partial charge in [-0.1, -0.05) is 6.07 Å². The molecule has 0 fully saturated rings. The minimum absolute atomic E-state index is 0.0909. The summed E-state index contributed by atoms with van der Waals surface area (Å²) >= 11 is 0. The topological polar surface area (TPSA) is 107 Å². The van der Waals surface area contributed by atoms with Crippen LogP contribution >= 0.6 is 0 Å². The molecule has 0 aliphatic carbocycles. The number of benzene rings is 1. The van der Waals surface area contributed by atoms with Gasteiger partial charge >= 0.3 is 5.97 Å². The number of rotatable bonds is 3. The number of methoxy groups -OCH3 is 1. The van der Waals surface area contributed by atoms with Crippen LogP contribution in [0.25, 0.3) is 0 Å². The summed E-state index contributed by atoms with van der Waals surface area (Å²) in [6.45, 7) is 0. The van der Waals surface area contributed by atoms with Gasteiger partial charge in [-0.25, -0.2) is 4.79 Å². The number of aliphatic hydroxyl groups is 2. The van der Waals surface area contributed by atoms with Crippen LogP contribution in [-0.4, -0.2) is 39.6 Å². The molecular formula is C10H12O6. The van der Waals surface area contributed by atoms with Crippen molar-refractivity contribution in [2.24, 2.45) is 0 Å². The predicted octanol–water partition coefficient (Wildman–Crippen LogP) is -0.335. The van der Waals surface area contributed by atoms with Crippen molar-refractivity contribution in [3.63, 3.8) is 0 Å². The van der Waals surface area contributed by atoms with Crippen LogP contribution in [0.4, 0.5) is 0 Å². The van der Waals surface area contributed by atoms with Crippen molar-refractivity contribution in [2.45, 2.75) is 12.2 Å². The van der Waals surface area contributed by atoms with Crippen LogP contribution in [0.2, 0.25) is 0 Å². The van der Waals surface area contributed by atoms with E-state index in [-0.39, 0.29) is 11.3 Å². The predicted molar refractivity (Wildman–Crippen MR) is 52.8 cm³/mol. The van der Waals surface area contributed by atoms with Gasteiger partial charge in [-0.05, 0) is 17.7 Å². The maximum atomic E-state index is 10.9. The summed E-state index contributed by atoms with van der Waals surface area (Å²) in [5, 5.41) is 37.1. The minimum Gasteiger partial charge on any atom is -0.504 e. The molecule has 2 atom stereocenters. The molecule has 1 aromatic carbocycles. The van der Waals surface area contributed by atoms with E-state index in [1.807, 2.05) is 0 Å². The summed E-state index contributed by atoms with van der Waals surface area (Å²) in [7, 11) is 1.08. The second-order valence-corrected chi connectivity index (χ2v) is 3.16. The van der Waals surface area contributed by atoms with E-state index < -0.39 is 23.9 Å². The van der Waals surface area contributed by atoms with Crippen LogP contribution in [0.1, 0.15) is 11.7 Å². The van der Waals surface area contributed by atoms with E-state index in [1.54, 1.807) is 0 Å². The molecule has 6 nitrogen and oxygen atoms in total. The fourth-order valence-corrected chi connectivity index (χ4v) is 1.16. The first-order chi connectivity index (χ1) is 7.47. The molecule has 16 heavy (non-hydrogen) atoms. The number of aliphatic hydroxyl groups excluding tert-OH is 2. The normalized spacial score (nSPS) is 14.2. The van der Waals surface area contributed by atoms with E-state index in [2.05, 4.69) is 4.74 Å². The van der Waals surface area contributed by atoms with Crippen LogP contribution in [0.3, 0.4) is 0 Å². The minimum atomic E-state index is -1.74. The quantitative estimate of drug-likeness (QED) is 0.416. The molecule has 0 radical (unpaired) electrons. The highest BCUT2D eigenvalue weighted by Crippen LogP contribution is 2.29. The van der Waals surface area contributed by atoms with Crippen molar-refractivity contribution < 1.29 is 30.0 Å². The van der Waals surface area contributed by atoms with Crippen LogP contribution in [0.5, 0.6) is 11.5 Å². The molecule has 6 heteroatoms. The second kappa shape index (κ2) is 4.82. The third-order valence-electron chi connectivity index (χ3n) is 2.08. The maximum Gasteiger partial charge on any atom is 0.337 e. The lowest BCUT2D eigenvalue weighted by Crippen LogP contribution is -2.28. The monoisotopic (exact) mass is 228 g/mol. The Bertz CT molecular complexity index is 389. The van der Waals surface area contributed by atoms with Gasteiger partial charge in [-0.3, -0.25) is 0 Å². The molecule has 0 heterocycles. The molecule has 0 aliphatic rings. The average molecular weight is 228 g/mol. The summed E-state index contributed by atoms with van der Waals surface area (Å²) in [4.78, 5) is 10.9. The zero-order valence-corrected chi connectivity index (χ0v) is 8.49. The van der Waals surface area contributed by atoms with Gasteiger partial charge in [0.15, 0.2) is 17.6 Å². The first kappa shape index (κ1) is 12.3. The molecule has 4 N–H and O–H groups in total. The average Bonchev–Trinajstić information content (AvgIpc) is 2.29. The zero-order chi connectivity index (χ0) is 12.3. The number of ether oxygens (including phenoxy) is 1. The molecule has 0 aromatic heterocycles. The van der Waals surface area contributed by atoms with E-state index in [9.17, 15) is 15.0 Å². The Balaban J connectivity index is 2.91. The molecule has 2 unspecified atom stereocenters. The van der Waals surface area contributed by atoms with E-state index in [0.29, 0.717) is 0 Å². The van der Waals surface area contributed by atoms with E-state index in [1.165, 1.54) is 6.07 Å². The van der Waals surface area contributed by atoms with Crippen molar-refractivity contribution in [3.05, 3.63) is 23.8 Å². The third kappa shape index (κ3) is 2.41. The van der Waals surface area contributed by atoms with Crippen LogP contribution in [0.15, 0.2) is 18.2 Å². The lowest BCUT2D eigenvalue weighted by Gasteiger charge is -2.16. The number of hydrogen-bond acceptors (Lipinski definition) is 6. The fraction of sp³-hybridized carbons (Fsp3) is 0.300. The van der Waals surface area contributed by atoms with E-state index in [0.717, 1.165) is 19.2 Å². The Kier molecular flexibility index (Phi) is 3.70. The Morgan fingerprint density at radius 3 is 2.38 bits per heavy atom. The number of hydrogen-bond donors (Lipinski definition) is 4.